The second-order valence-electron chi connectivity index (χ2n) is 8.74. The van der Waals surface area contributed by atoms with Crippen LogP contribution in [0.5, 0.6) is 0 Å². The van der Waals surface area contributed by atoms with E-state index < -0.39 is 0 Å². The molecule has 2 aliphatic rings. The molecule has 160 valence electrons. The van der Waals surface area contributed by atoms with Gasteiger partial charge in [-0.05, 0) is 49.8 Å². The Morgan fingerprint density at radius 2 is 1.97 bits per heavy atom. The largest absolute Gasteiger partial charge is 0.357 e. The van der Waals surface area contributed by atoms with Crippen LogP contribution in [0, 0.1) is 11.8 Å². The number of para-hydroxylation sites is 1. The Labute approximate surface area is 175 Å². The molecule has 0 aliphatic carbocycles. The number of amides is 1. The predicted molar refractivity (Wildman–Crippen MR) is 120 cm³/mol. The molecule has 0 radical (unpaired) electrons. The molecule has 6 heteroatoms. The molecule has 29 heavy (non-hydrogen) atoms. The van der Waals surface area contributed by atoms with Crippen LogP contribution in [0.3, 0.4) is 0 Å². The summed E-state index contributed by atoms with van der Waals surface area (Å²) in [5.74, 6) is 2.66. The van der Waals surface area contributed by atoms with Gasteiger partial charge in [-0.2, -0.15) is 0 Å². The van der Waals surface area contributed by atoms with E-state index in [-0.39, 0.29) is 11.8 Å². The maximum atomic E-state index is 12.0. The summed E-state index contributed by atoms with van der Waals surface area (Å²) in [5.41, 5.74) is 2.10. The van der Waals surface area contributed by atoms with Crippen LogP contribution in [0.25, 0.3) is 0 Å². The van der Waals surface area contributed by atoms with Gasteiger partial charge in [-0.1, -0.05) is 32.0 Å². The van der Waals surface area contributed by atoms with Gasteiger partial charge in [-0.3, -0.25) is 9.79 Å². The average Bonchev–Trinajstić information content (AvgIpc) is 2.68. The van der Waals surface area contributed by atoms with Crippen LogP contribution in [-0.2, 0) is 4.79 Å². The molecule has 0 bridgehead atoms. The van der Waals surface area contributed by atoms with Gasteiger partial charge in [0.05, 0.1) is 6.54 Å². The van der Waals surface area contributed by atoms with E-state index in [1.165, 1.54) is 25.1 Å². The Hall–Kier alpha value is -2.08. The molecule has 3 rings (SSSR count). The zero-order valence-electron chi connectivity index (χ0n) is 18.2. The maximum absolute atomic E-state index is 12.0. The normalized spacial score (nSPS) is 25.3. The molecule has 0 saturated carbocycles. The lowest BCUT2D eigenvalue weighted by atomic mass is 9.91. The number of hydrogen-bond donors (Lipinski definition) is 3. The van der Waals surface area contributed by atoms with Gasteiger partial charge in [0.1, 0.15) is 0 Å². The van der Waals surface area contributed by atoms with Crippen molar-refractivity contribution in [3.63, 3.8) is 0 Å². The molecule has 2 heterocycles. The zero-order valence-corrected chi connectivity index (χ0v) is 18.2. The summed E-state index contributed by atoms with van der Waals surface area (Å²) in [7, 11) is 0. The molecule has 3 N–H and O–H groups in total. The van der Waals surface area contributed by atoms with Gasteiger partial charge in [0, 0.05) is 44.2 Å². The fraction of sp³-hybridized carbons (Fsp3) is 0.652. The smallest absolute Gasteiger partial charge is 0.225 e. The molecule has 3 atom stereocenters. The van der Waals surface area contributed by atoms with Crippen molar-refractivity contribution >= 4 is 17.6 Å². The lowest BCUT2D eigenvalue weighted by Gasteiger charge is -2.35. The lowest BCUT2D eigenvalue weighted by molar-refractivity contribution is -0.116. The van der Waals surface area contributed by atoms with Crippen molar-refractivity contribution < 1.29 is 4.79 Å². The fourth-order valence-corrected chi connectivity index (χ4v) is 4.69. The van der Waals surface area contributed by atoms with E-state index in [0.29, 0.717) is 13.0 Å². The van der Waals surface area contributed by atoms with E-state index in [9.17, 15) is 4.79 Å². The lowest BCUT2D eigenvalue weighted by Crippen LogP contribution is -2.42. The van der Waals surface area contributed by atoms with Gasteiger partial charge in [0.15, 0.2) is 5.96 Å². The van der Waals surface area contributed by atoms with Crippen LogP contribution in [0.1, 0.15) is 51.5 Å². The van der Waals surface area contributed by atoms with E-state index in [1.54, 1.807) is 0 Å². The van der Waals surface area contributed by atoms with Crippen LogP contribution >= 0.6 is 0 Å². The molecule has 1 saturated heterocycles. The van der Waals surface area contributed by atoms with Crippen LogP contribution in [0.2, 0.25) is 0 Å². The summed E-state index contributed by atoms with van der Waals surface area (Å²) in [6, 6.07) is 8.05. The molecule has 1 fully saturated rings. The van der Waals surface area contributed by atoms with E-state index >= 15 is 0 Å². The molecule has 3 unspecified atom stereocenters. The molecule has 1 aromatic rings. The predicted octanol–water partition coefficient (Wildman–Crippen LogP) is 3.04. The Morgan fingerprint density at radius 3 is 2.72 bits per heavy atom. The second-order valence-corrected chi connectivity index (χ2v) is 8.74. The molecule has 0 spiro atoms. The summed E-state index contributed by atoms with van der Waals surface area (Å²) in [6.07, 6.45) is 2.96. The monoisotopic (exact) mass is 399 g/mol. The molecular formula is C23H37N5O. The summed E-state index contributed by atoms with van der Waals surface area (Å²) in [4.78, 5) is 19.4. The first-order chi connectivity index (χ1) is 14.0. The topological polar surface area (TPSA) is 68.8 Å². The first-order valence-electron chi connectivity index (χ1n) is 11.2. The maximum Gasteiger partial charge on any atom is 0.225 e. The van der Waals surface area contributed by atoms with E-state index in [4.69, 9.17) is 4.99 Å². The van der Waals surface area contributed by atoms with Crippen LogP contribution < -0.4 is 16.0 Å². The number of aliphatic imine (C=N–C) groups is 1. The number of carbonyl (C=O) groups excluding carboxylic acids is 1. The van der Waals surface area contributed by atoms with Gasteiger partial charge in [-0.25, -0.2) is 0 Å². The van der Waals surface area contributed by atoms with Crippen molar-refractivity contribution in [3.8, 4) is 0 Å². The van der Waals surface area contributed by atoms with Gasteiger partial charge >= 0.3 is 0 Å². The second kappa shape index (κ2) is 10.6. The van der Waals surface area contributed by atoms with E-state index in [2.05, 4.69) is 47.7 Å². The summed E-state index contributed by atoms with van der Waals surface area (Å²) >= 11 is 0. The van der Waals surface area contributed by atoms with Crippen LogP contribution in [0.15, 0.2) is 29.3 Å². The number of fused-ring (bicyclic) bond motifs is 1. The molecule has 1 aromatic carbocycles. The van der Waals surface area contributed by atoms with E-state index in [0.717, 1.165) is 49.5 Å². The van der Waals surface area contributed by atoms with Gasteiger partial charge < -0.3 is 20.9 Å². The number of guanidine groups is 1. The Bertz CT molecular complexity index is 694. The Morgan fingerprint density at radius 1 is 1.21 bits per heavy atom. The van der Waals surface area contributed by atoms with E-state index in [1.807, 2.05) is 18.2 Å². The summed E-state index contributed by atoms with van der Waals surface area (Å²) < 4.78 is 0. The number of nitrogens with one attached hydrogen (secondary N) is 3. The van der Waals surface area contributed by atoms with Crippen molar-refractivity contribution in [3.05, 3.63) is 29.8 Å². The number of benzene rings is 1. The highest BCUT2D eigenvalue weighted by Crippen LogP contribution is 2.32. The molecular weight excluding hydrogens is 362 g/mol. The molecule has 1 amide bonds. The number of piperidine rings is 1. The summed E-state index contributed by atoms with van der Waals surface area (Å²) in [6.45, 7) is 12.7. The molecule has 0 aromatic heterocycles. The third-order valence-electron chi connectivity index (χ3n) is 5.81. The minimum atomic E-state index is 0.0758. The van der Waals surface area contributed by atoms with Crippen molar-refractivity contribution in [2.24, 2.45) is 16.8 Å². The quantitative estimate of drug-likeness (QED) is 0.374. The van der Waals surface area contributed by atoms with Crippen molar-refractivity contribution in [1.82, 2.24) is 15.5 Å². The number of anilines is 1. The van der Waals surface area contributed by atoms with Crippen LogP contribution in [-0.4, -0.2) is 56.0 Å². The third-order valence-corrected chi connectivity index (χ3v) is 5.81. The number of carbonyl (C=O) groups is 1. The Kier molecular flexibility index (Phi) is 7.92. The highest BCUT2D eigenvalue weighted by atomic mass is 16.1. The average molecular weight is 400 g/mol. The SMILES string of the molecule is CCNC(=NCC1CC(=O)Nc2ccccc21)NCCCN1CC(C)CC(C)C1. The fourth-order valence-electron chi connectivity index (χ4n) is 4.69. The molecule has 6 nitrogen and oxygen atoms in total. The van der Waals surface area contributed by atoms with Gasteiger partial charge in [-0.15, -0.1) is 0 Å². The van der Waals surface area contributed by atoms with Crippen molar-refractivity contribution in [2.45, 2.75) is 46.0 Å². The minimum absolute atomic E-state index is 0.0758. The molecule has 2 aliphatic heterocycles. The van der Waals surface area contributed by atoms with Gasteiger partial charge in [0.25, 0.3) is 0 Å². The van der Waals surface area contributed by atoms with Crippen LogP contribution in [0.4, 0.5) is 5.69 Å². The zero-order chi connectivity index (χ0) is 20.6. The standard InChI is InChI=1S/C23H37N5O/c1-4-24-23(25-10-7-11-28-15-17(2)12-18(3)16-28)26-14-19-13-22(29)27-21-9-6-5-8-20(19)21/h5-6,8-9,17-19H,4,7,10-16H2,1-3H3,(H,27,29)(H2,24,25,26). The number of rotatable bonds is 7. The summed E-state index contributed by atoms with van der Waals surface area (Å²) in [5, 5.41) is 9.76. The highest BCUT2D eigenvalue weighted by molar-refractivity contribution is 5.94. The van der Waals surface area contributed by atoms with Gasteiger partial charge in [0.2, 0.25) is 5.91 Å². The van der Waals surface area contributed by atoms with Crippen molar-refractivity contribution in [1.29, 1.82) is 0 Å². The highest BCUT2D eigenvalue weighted by Gasteiger charge is 2.24. The minimum Gasteiger partial charge on any atom is -0.357 e. The number of likely N-dealkylation sites (tertiary alicyclic amines) is 1. The van der Waals surface area contributed by atoms with Crippen molar-refractivity contribution in [2.75, 3.05) is 44.6 Å². The first kappa shape index (κ1) is 21.6. The first-order valence-corrected chi connectivity index (χ1v) is 11.2. The third kappa shape index (κ3) is 6.46. The number of hydrogen-bond acceptors (Lipinski definition) is 3. The number of nitrogens with zero attached hydrogens (tertiary/aromatic N) is 2. The Balaban J connectivity index is 1.49.